The Hall–Kier alpha value is -1.55. The Morgan fingerprint density at radius 1 is 1.16 bits per heavy atom. The highest BCUT2D eigenvalue weighted by atomic mass is 16.5. The van der Waals surface area contributed by atoms with Crippen LogP contribution in [-0.4, -0.2) is 32.7 Å². The highest BCUT2D eigenvalue weighted by Gasteiger charge is 2.21. The summed E-state index contributed by atoms with van der Waals surface area (Å²) in [5.41, 5.74) is 0.246. The summed E-state index contributed by atoms with van der Waals surface area (Å²) in [6, 6.07) is 5.31. The lowest BCUT2D eigenvalue weighted by Crippen LogP contribution is -2.23. The molecule has 4 heteroatoms. The summed E-state index contributed by atoms with van der Waals surface area (Å²) in [5.74, 6) is 1.09. The lowest BCUT2D eigenvalue weighted by molar-refractivity contribution is 0.0141. The predicted octanol–water partition coefficient (Wildman–Crippen LogP) is 3.09. The molecular weight excluding hydrogens is 244 g/mol. The summed E-state index contributed by atoms with van der Waals surface area (Å²) < 4.78 is 15.8. The number of rotatable bonds is 7. The van der Waals surface area contributed by atoms with Crippen LogP contribution in [-0.2, 0) is 4.74 Å². The van der Waals surface area contributed by atoms with Crippen LogP contribution in [0.5, 0.6) is 11.5 Å². The fourth-order valence-electron chi connectivity index (χ4n) is 1.76. The van der Waals surface area contributed by atoms with Crippen molar-refractivity contribution in [1.82, 2.24) is 0 Å². The molecule has 0 aliphatic carbocycles. The van der Waals surface area contributed by atoms with E-state index >= 15 is 0 Å². The van der Waals surface area contributed by atoms with Gasteiger partial charge in [-0.05, 0) is 32.4 Å². The van der Waals surface area contributed by atoms with Gasteiger partial charge in [-0.1, -0.05) is 6.07 Å². The monoisotopic (exact) mass is 266 g/mol. The van der Waals surface area contributed by atoms with Gasteiger partial charge in [0.15, 0.2) is 17.3 Å². The lowest BCUT2D eigenvalue weighted by Gasteiger charge is -2.22. The second-order valence-electron chi connectivity index (χ2n) is 4.93. The third-order valence-electron chi connectivity index (χ3n) is 3.21. The van der Waals surface area contributed by atoms with E-state index in [1.807, 2.05) is 13.8 Å². The minimum absolute atomic E-state index is 0.0286. The molecule has 0 amide bonds. The first-order valence-electron chi connectivity index (χ1n) is 6.24. The van der Waals surface area contributed by atoms with Crippen molar-refractivity contribution < 1.29 is 19.0 Å². The highest BCUT2D eigenvalue weighted by Crippen LogP contribution is 2.32. The number of Topliss-reactive ketones (excluding diaryl/α,β-unsaturated/α-hetero) is 1. The summed E-state index contributed by atoms with van der Waals surface area (Å²) in [6.45, 7) is 3.92. The first kappa shape index (κ1) is 15.5. The predicted molar refractivity (Wildman–Crippen MR) is 74.2 cm³/mol. The van der Waals surface area contributed by atoms with E-state index < -0.39 is 0 Å². The number of carbonyl (C=O) groups excluding carboxylic acids is 1. The molecule has 0 heterocycles. The third-order valence-corrected chi connectivity index (χ3v) is 3.21. The van der Waals surface area contributed by atoms with E-state index in [2.05, 4.69) is 0 Å². The zero-order valence-corrected chi connectivity index (χ0v) is 12.3. The van der Waals surface area contributed by atoms with Crippen molar-refractivity contribution in [3.63, 3.8) is 0 Å². The van der Waals surface area contributed by atoms with Gasteiger partial charge < -0.3 is 14.2 Å². The number of hydrogen-bond donors (Lipinski definition) is 0. The average Bonchev–Trinajstić information content (AvgIpc) is 2.43. The van der Waals surface area contributed by atoms with Crippen LogP contribution in [0.25, 0.3) is 0 Å². The fraction of sp³-hybridized carbons (Fsp3) is 0.533. The van der Waals surface area contributed by atoms with Gasteiger partial charge in [-0.15, -0.1) is 0 Å². The highest BCUT2D eigenvalue weighted by molar-refractivity contribution is 5.99. The number of ether oxygens (including phenoxy) is 3. The Bertz CT molecular complexity index is 438. The molecule has 106 valence electrons. The van der Waals surface area contributed by atoms with Gasteiger partial charge in [-0.2, -0.15) is 0 Å². The van der Waals surface area contributed by atoms with Crippen molar-refractivity contribution >= 4 is 5.78 Å². The molecule has 0 atom stereocenters. The van der Waals surface area contributed by atoms with Gasteiger partial charge in [0, 0.05) is 13.5 Å². The molecule has 0 saturated carbocycles. The molecule has 0 bridgehead atoms. The largest absolute Gasteiger partial charge is 0.493 e. The van der Waals surface area contributed by atoms with Gasteiger partial charge >= 0.3 is 0 Å². The molecule has 4 nitrogen and oxygen atoms in total. The van der Waals surface area contributed by atoms with Crippen LogP contribution in [0.1, 0.15) is 37.0 Å². The van der Waals surface area contributed by atoms with Crippen LogP contribution >= 0.6 is 0 Å². The minimum atomic E-state index is -0.304. The zero-order chi connectivity index (χ0) is 14.5. The molecule has 1 rings (SSSR count). The maximum absolute atomic E-state index is 12.3. The van der Waals surface area contributed by atoms with Gasteiger partial charge in [0.1, 0.15) is 0 Å². The van der Waals surface area contributed by atoms with Gasteiger partial charge in [0.2, 0.25) is 0 Å². The molecule has 0 fully saturated rings. The second kappa shape index (κ2) is 6.57. The van der Waals surface area contributed by atoms with Crippen LogP contribution in [0.15, 0.2) is 18.2 Å². The Labute approximate surface area is 114 Å². The molecule has 0 radical (unpaired) electrons. The van der Waals surface area contributed by atoms with Crippen molar-refractivity contribution in [2.24, 2.45) is 0 Å². The summed E-state index contributed by atoms with van der Waals surface area (Å²) in [7, 11) is 4.74. The molecular formula is C15H22O4. The summed E-state index contributed by atoms with van der Waals surface area (Å²) in [5, 5.41) is 0. The quantitative estimate of drug-likeness (QED) is 0.711. The lowest BCUT2D eigenvalue weighted by atomic mass is 9.97. The second-order valence-corrected chi connectivity index (χ2v) is 4.93. The van der Waals surface area contributed by atoms with Crippen molar-refractivity contribution in [2.45, 2.75) is 32.3 Å². The van der Waals surface area contributed by atoms with E-state index in [4.69, 9.17) is 14.2 Å². The van der Waals surface area contributed by atoms with E-state index in [1.54, 1.807) is 32.4 Å². The van der Waals surface area contributed by atoms with E-state index in [0.29, 0.717) is 29.9 Å². The normalized spacial score (nSPS) is 11.2. The van der Waals surface area contributed by atoms with Crippen molar-refractivity contribution in [3.05, 3.63) is 23.8 Å². The van der Waals surface area contributed by atoms with E-state index in [-0.39, 0.29) is 11.4 Å². The zero-order valence-electron chi connectivity index (χ0n) is 12.3. The molecule has 1 aromatic carbocycles. The average molecular weight is 266 g/mol. The Morgan fingerprint density at radius 3 is 2.37 bits per heavy atom. The molecule has 0 unspecified atom stereocenters. The maximum Gasteiger partial charge on any atom is 0.171 e. The Balaban J connectivity index is 2.88. The molecule has 0 N–H and O–H groups in total. The Kier molecular flexibility index (Phi) is 5.36. The minimum Gasteiger partial charge on any atom is -0.493 e. The molecule has 0 aliphatic heterocycles. The number of hydrogen-bond acceptors (Lipinski definition) is 4. The van der Waals surface area contributed by atoms with Gasteiger partial charge in [0.25, 0.3) is 0 Å². The van der Waals surface area contributed by atoms with Crippen LogP contribution in [0.4, 0.5) is 0 Å². The summed E-state index contributed by atoms with van der Waals surface area (Å²) in [6.07, 6.45) is 1.06. The first-order chi connectivity index (χ1) is 8.95. The van der Waals surface area contributed by atoms with Crippen molar-refractivity contribution in [1.29, 1.82) is 0 Å². The van der Waals surface area contributed by atoms with Gasteiger partial charge in [0.05, 0.1) is 25.4 Å². The molecule has 0 spiro atoms. The standard InChI is InChI=1S/C15H22O4/c1-15(2,19-5)10-9-12(16)11-7-6-8-13(17-3)14(11)18-4/h6-8H,9-10H2,1-5H3. The van der Waals surface area contributed by atoms with Crippen LogP contribution in [0.3, 0.4) is 0 Å². The SMILES string of the molecule is COc1cccc(C(=O)CCC(C)(C)OC)c1OC. The fourth-order valence-corrected chi connectivity index (χ4v) is 1.76. The number of methoxy groups -OCH3 is 3. The first-order valence-corrected chi connectivity index (χ1v) is 6.24. The maximum atomic E-state index is 12.3. The van der Waals surface area contributed by atoms with Gasteiger partial charge in [-0.3, -0.25) is 4.79 Å². The number of ketones is 1. The Morgan fingerprint density at radius 2 is 1.84 bits per heavy atom. The molecule has 0 aliphatic rings. The van der Waals surface area contributed by atoms with Crippen molar-refractivity contribution in [3.8, 4) is 11.5 Å². The van der Waals surface area contributed by atoms with E-state index in [0.717, 1.165) is 0 Å². The third kappa shape index (κ3) is 3.96. The smallest absolute Gasteiger partial charge is 0.171 e. The van der Waals surface area contributed by atoms with Crippen LogP contribution in [0, 0.1) is 0 Å². The molecule has 1 aromatic rings. The van der Waals surface area contributed by atoms with Crippen molar-refractivity contribution in [2.75, 3.05) is 21.3 Å². The summed E-state index contributed by atoms with van der Waals surface area (Å²) in [4.78, 5) is 12.3. The number of para-hydroxylation sites is 1. The summed E-state index contributed by atoms with van der Waals surface area (Å²) >= 11 is 0. The van der Waals surface area contributed by atoms with Crippen LogP contribution in [0.2, 0.25) is 0 Å². The van der Waals surface area contributed by atoms with E-state index in [9.17, 15) is 4.79 Å². The van der Waals surface area contributed by atoms with Gasteiger partial charge in [-0.25, -0.2) is 0 Å². The van der Waals surface area contributed by atoms with E-state index in [1.165, 1.54) is 7.11 Å². The number of benzene rings is 1. The molecule has 19 heavy (non-hydrogen) atoms. The number of carbonyl (C=O) groups is 1. The molecule has 0 aromatic heterocycles. The molecule has 0 saturated heterocycles. The topological polar surface area (TPSA) is 44.8 Å². The van der Waals surface area contributed by atoms with Crippen LogP contribution < -0.4 is 9.47 Å².